The van der Waals surface area contributed by atoms with Crippen LogP contribution in [0.15, 0.2) is 12.4 Å². The molecule has 0 amide bonds. The van der Waals surface area contributed by atoms with Gasteiger partial charge in [-0.25, -0.2) is 9.78 Å². The fourth-order valence-corrected chi connectivity index (χ4v) is 1.27. The summed E-state index contributed by atoms with van der Waals surface area (Å²) < 4.78 is 10.8. The van der Waals surface area contributed by atoms with Crippen LogP contribution in [0.2, 0.25) is 0 Å². The largest absolute Gasteiger partial charge is 0.476 e. The molecule has 1 aromatic rings. The maximum absolute atomic E-state index is 10.8. The fourth-order valence-electron chi connectivity index (χ4n) is 0.877. The van der Waals surface area contributed by atoms with Gasteiger partial charge in [0.05, 0.1) is 12.4 Å². The van der Waals surface area contributed by atoms with Gasteiger partial charge in [0.15, 0.2) is 5.69 Å². The predicted molar refractivity (Wildman–Crippen MR) is 56.4 cm³/mol. The van der Waals surface area contributed by atoms with Gasteiger partial charge in [-0.3, -0.25) is 9.19 Å². The number of carbonyl (C=O) groups is 1. The molecule has 0 aliphatic heterocycles. The van der Waals surface area contributed by atoms with E-state index >= 15 is 0 Å². The Morgan fingerprint density at radius 2 is 2.33 bits per heavy atom. The number of hydrogen-bond donors (Lipinski definition) is 2. The second-order valence-corrected chi connectivity index (χ2v) is 4.35. The molecule has 6 nitrogen and oxygen atoms in total. The van der Waals surface area contributed by atoms with Gasteiger partial charge in [-0.1, -0.05) is 0 Å². The summed E-state index contributed by atoms with van der Waals surface area (Å²) in [4.78, 5) is 18.1. The van der Waals surface area contributed by atoms with Gasteiger partial charge < -0.3 is 10.4 Å². The van der Waals surface area contributed by atoms with E-state index in [0.29, 0.717) is 18.1 Å². The van der Waals surface area contributed by atoms with E-state index in [9.17, 15) is 9.00 Å². The van der Waals surface area contributed by atoms with Crippen LogP contribution in [0.5, 0.6) is 0 Å². The van der Waals surface area contributed by atoms with Gasteiger partial charge in [-0.05, 0) is 0 Å². The van der Waals surface area contributed by atoms with Crippen LogP contribution in [0.25, 0.3) is 0 Å². The first-order chi connectivity index (χ1) is 7.09. The van der Waals surface area contributed by atoms with Crippen molar-refractivity contribution in [3.05, 3.63) is 18.1 Å². The molecule has 1 atom stereocenters. The van der Waals surface area contributed by atoms with Crippen LogP contribution in [0.3, 0.4) is 0 Å². The third kappa shape index (κ3) is 4.03. The summed E-state index contributed by atoms with van der Waals surface area (Å²) in [5.74, 6) is -0.260. The first-order valence-electron chi connectivity index (χ1n) is 4.19. The second-order valence-electron chi connectivity index (χ2n) is 2.80. The number of rotatable bonds is 5. The molecule has 0 aliphatic rings. The smallest absolute Gasteiger partial charge is 0.356 e. The van der Waals surface area contributed by atoms with Gasteiger partial charge in [0.1, 0.15) is 5.82 Å². The first kappa shape index (κ1) is 11.6. The topological polar surface area (TPSA) is 92.2 Å². The van der Waals surface area contributed by atoms with Gasteiger partial charge in [0.2, 0.25) is 0 Å². The van der Waals surface area contributed by atoms with Crippen molar-refractivity contribution < 1.29 is 14.1 Å². The number of nitrogens with one attached hydrogen (secondary N) is 1. The zero-order chi connectivity index (χ0) is 11.3. The molecule has 0 saturated heterocycles. The van der Waals surface area contributed by atoms with E-state index in [1.165, 1.54) is 12.4 Å². The number of anilines is 1. The molecular formula is C8H11N3O3S. The van der Waals surface area contributed by atoms with E-state index in [4.69, 9.17) is 5.11 Å². The molecule has 1 aromatic heterocycles. The van der Waals surface area contributed by atoms with Gasteiger partial charge >= 0.3 is 5.97 Å². The monoisotopic (exact) mass is 229 g/mol. The van der Waals surface area contributed by atoms with Gasteiger partial charge in [-0.2, -0.15) is 0 Å². The van der Waals surface area contributed by atoms with Crippen LogP contribution < -0.4 is 5.32 Å². The highest BCUT2D eigenvalue weighted by Crippen LogP contribution is 2.01. The van der Waals surface area contributed by atoms with E-state index in [1.54, 1.807) is 6.26 Å². The van der Waals surface area contributed by atoms with Crippen LogP contribution in [-0.2, 0) is 10.8 Å². The van der Waals surface area contributed by atoms with Gasteiger partial charge in [-0.15, -0.1) is 0 Å². The SMILES string of the molecule is CS(=O)CCNc1cncc(C(=O)O)n1. The summed E-state index contributed by atoms with van der Waals surface area (Å²) in [5.41, 5.74) is -0.113. The van der Waals surface area contributed by atoms with E-state index < -0.39 is 16.8 Å². The van der Waals surface area contributed by atoms with Crippen LogP contribution >= 0.6 is 0 Å². The molecule has 15 heavy (non-hydrogen) atoms. The number of nitrogens with zero attached hydrogens (tertiary/aromatic N) is 2. The molecule has 0 aliphatic carbocycles. The summed E-state index contributed by atoms with van der Waals surface area (Å²) in [6, 6.07) is 0. The lowest BCUT2D eigenvalue weighted by molar-refractivity contribution is 0.0690. The Bertz CT molecular complexity index is 383. The molecule has 7 heteroatoms. The third-order valence-electron chi connectivity index (χ3n) is 1.55. The zero-order valence-corrected chi connectivity index (χ0v) is 8.95. The third-order valence-corrected chi connectivity index (χ3v) is 2.33. The highest BCUT2D eigenvalue weighted by atomic mass is 32.2. The van der Waals surface area contributed by atoms with Crippen molar-refractivity contribution in [2.24, 2.45) is 0 Å². The molecule has 1 rings (SSSR count). The Balaban J connectivity index is 2.58. The first-order valence-corrected chi connectivity index (χ1v) is 5.91. The van der Waals surface area contributed by atoms with E-state index in [-0.39, 0.29) is 5.69 Å². The lowest BCUT2D eigenvalue weighted by Gasteiger charge is -2.03. The van der Waals surface area contributed by atoms with Crippen LogP contribution in [0, 0.1) is 0 Å². The summed E-state index contributed by atoms with van der Waals surface area (Å²) >= 11 is 0. The van der Waals surface area contributed by atoms with E-state index in [1.807, 2.05) is 0 Å². The Kier molecular flexibility index (Phi) is 4.17. The molecule has 0 radical (unpaired) electrons. The summed E-state index contributed by atoms with van der Waals surface area (Å²) in [6.45, 7) is 0.473. The zero-order valence-electron chi connectivity index (χ0n) is 8.14. The van der Waals surface area contributed by atoms with Crippen molar-refractivity contribution in [3.63, 3.8) is 0 Å². The van der Waals surface area contributed by atoms with Crippen molar-refractivity contribution in [2.75, 3.05) is 23.9 Å². The van der Waals surface area contributed by atoms with E-state index in [0.717, 1.165) is 0 Å². The van der Waals surface area contributed by atoms with Crippen LogP contribution in [0.1, 0.15) is 10.5 Å². The summed E-state index contributed by atoms with van der Waals surface area (Å²) in [5, 5.41) is 11.5. The number of carboxylic acids is 1. The molecule has 0 spiro atoms. The van der Waals surface area contributed by atoms with Gasteiger partial charge in [0.25, 0.3) is 0 Å². The highest BCUT2D eigenvalue weighted by molar-refractivity contribution is 7.84. The number of carboxylic acid groups (broad SMARTS) is 1. The van der Waals surface area contributed by atoms with Crippen molar-refractivity contribution in [3.8, 4) is 0 Å². The second kappa shape index (κ2) is 5.40. The standard InChI is InChI=1S/C8H11N3O3S/c1-15(14)3-2-10-7-5-9-4-6(11-7)8(12)13/h4-5H,2-3H2,1H3,(H,10,11)(H,12,13). The molecule has 0 aromatic carbocycles. The Hall–Kier alpha value is -1.50. The molecule has 0 saturated carbocycles. The quantitative estimate of drug-likeness (QED) is 0.736. The summed E-state index contributed by atoms with van der Waals surface area (Å²) in [6.07, 6.45) is 4.19. The molecule has 1 heterocycles. The van der Waals surface area contributed by atoms with Crippen LogP contribution in [-0.4, -0.2) is 43.8 Å². The lowest BCUT2D eigenvalue weighted by atomic mass is 10.4. The van der Waals surface area contributed by atoms with Crippen LogP contribution in [0.4, 0.5) is 5.82 Å². The number of hydrogen-bond acceptors (Lipinski definition) is 5. The van der Waals surface area contributed by atoms with Crippen molar-refractivity contribution in [2.45, 2.75) is 0 Å². The molecule has 82 valence electrons. The van der Waals surface area contributed by atoms with Crippen molar-refractivity contribution >= 4 is 22.6 Å². The Morgan fingerprint density at radius 3 is 2.93 bits per heavy atom. The number of aromatic carboxylic acids is 1. The highest BCUT2D eigenvalue weighted by Gasteiger charge is 2.05. The number of aromatic nitrogens is 2. The minimum atomic E-state index is -1.12. The predicted octanol–water partition coefficient (Wildman–Crippen LogP) is -0.0348. The molecule has 0 fully saturated rings. The van der Waals surface area contributed by atoms with E-state index in [2.05, 4.69) is 15.3 Å². The summed E-state index contributed by atoms with van der Waals surface area (Å²) in [7, 11) is -0.880. The normalized spacial score (nSPS) is 12.1. The lowest BCUT2D eigenvalue weighted by Crippen LogP contribution is -2.12. The minimum Gasteiger partial charge on any atom is -0.476 e. The maximum atomic E-state index is 10.8. The minimum absolute atomic E-state index is 0.113. The van der Waals surface area contributed by atoms with Crippen molar-refractivity contribution in [1.29, 1.82) is 0 Å². The Labute approximate surface area is 89.2 Å². The molecule has 2 N–H and O–H groups in total. The average Bonchev–Trinajstić information content (AvgIpc) is 2.17. The maximum Gasteiger partial charge on any atom is 0.356 e. The van der Waals surface area contributed by atoms with Gasteiger partial charge in [0, 0.05) is 29.4 Å². The van der Waals surface area contributed by atoms with Crippen molar-refractivity contribution in [1.82, 2.24) is 9.97 Å². The molecule has 1 unspecified atom stereocenters. The Morgan fingerprint density at radius 1 is 1.60 bits per heavy atom. The average molecular weight is 229 g/mol. The fraction of sp³-hybridized carbons (Fsp3) is 0.375. The molecular weight excluding hydrogens is 218 g/mol. The molecule has 0 bridgehead atoms.